The lowest BCUT2D eigenvalue weighted by molar-refractivity contribution is 0.132. The van der Waals surface area contributed by atoms with Gasteiger partial charge in [0.1, 0.15) is 5.82 Å². The van der Waals surface area contributed by atoms with Crippen molar-refractivity contribution in [3.8, 4) is 0 Å². The van der Waals surface area contributed by atoms with Crippen LogP contribution in [-0.2, 0) is 0 Å². The number of halogens is 1. The molecule has 1 saturated carbocycles. The summed E-state index contributed by atoms with van der Waals surface area (Å²) in [6, 6.07) is 7.41. The second-order valence-electron chi connectivity index (χ2n) is 7.53. The molecule has 118 valence electrons. The van der Waals surface area contributed by atoms with Gasteiger partial charge in [0.15, 0.2) is 0 Å². The van der Waals surface area contributed by atoms with Crippen molar-refractivity contribution in [3.05, 3.63) is 35.6 Å². The molecule has 1 aliphatic carbocycles. The van der Waals surface area contributed by atoms with Crippen LogP contribution in [0.25, 0.3) is 0 Å². The van der Waals surface area contributed by atoms with E-state index < -0.39 is 0 Å². The molecule has 0 spiro atoms. The SMILES string of the molecule is CCNC(c1ccccc1F)C1CCC(C(C)(C)C)CC1. The van der Waals surface area contributed by atoms with Gasteiger partial charge in [-0.2, -0.15) is 0 Å². The highest BCUT2D eigenvalue weighted by Gasteiger charge is 2.33. The summed E-state index contributed by atoms with van der Waals surface area (Å²) in [4.78, 5) is 0. The topological polar surface area (TPSA) is 12.0 Å². The van der Waals surface area contributed by atoms with Crippen LogP contribution in [0.15, 0.2) is 24.3 Å². The van der Waals surface area contributed by atoms with Gasteiger partial charge in [-0.1, -0.05) is 45.9 Å². The van der Waals surface area contributed by atoms with Gasteiger partial charge in [-0.3, -0.25) is 0 Å². The van der Waals surface area contributed by atoms with Gasteiger partial charge in [-0.25, -0.2) is 4.39 Å². The number of hydrogen-bond donors (Lipinski definition) is 1. The van der Waals surface area contributed by atoms with E-state index in [1.54, 1.807) is 12.1 Å². The van der Waals surface area contributed by atoms with E-state index in [1.165, 1.54) is 25.7 Å². The molecule has 21 heavy (non-hydrogen) atoms. The lowest BCUT2D eigenvalue weighted by Gasteiger charge is -2.40. The second-order valence-corrected chi connectivity index (χ2v) is 7.53. The fourth-order valence-electron chi connectivity index (χ4n) is 3.80. The smallest absolute Gasteiger partial charge is 0.127 e. The normalized spacial score (nSPS) is 24.8. The monoisotopic (exact) mass is 291 g/mol. The van der Waals surface area contributed by atoms with Crippen molar-refractivity contribution in [2.45, 2.75) is 59.4 Å². The van der Waals surface area contributed by atoms with E-state index in [4.69, 9.17) is 0 Å². The minimum atomic E-state index is -0.0682. The number of hydrogen-bond acceptors (Lipinski definition) is 1. The summed E-state index contributed by atoms with van der Waals surface area (Å²) in [6.07, 6.45) is 4.94. The molecule has 0 aromatic heterocycles. The van der Waals surface area contributed by atoms with Crippen LogP contribution in [-0.4, -0.2) is 6.54 Å². The average molecular weight is 291 g/mol. The van der Waals surface area contributed by atoms with E-state index in [-0.39, 0.29) is 11.9 Å². The van der Waals surface area contributed by atoms with E-state index >= 15 is 0 Å². The van der Waals surface area contributed by atoms with Gasteiger partial charge >= 0.3 is 0 Å². The first-order valence-electron chi connectivity index (χ1n) is 8.41. The maximum Gasteiger partial charge on any atom is 0.127 e. The number of rotatable bonds is 4. The summed E-state index contributed by atoms with van der Waals surface area (Å²) in [5.41, 5.74) is 1.25. The molecule has 2 rings (SSSR count). The van der Waals surface area contributed by atoms with Crippen LogP contribution in [0.3, 0.4) is 0 Å². The molecule has 1 atom stereocenters. The van der Waals surface area contributed by atoms with Crippen molar-refractivity contribution in [1.29, 1.82) is 0 Å². The van der Waals surface area contributed by atoms with Gasteiger partial charge in [0, 0.05) is 11.6 Å². The van der Waals surface area contributed by atoms with Gasteiger partial charge in [-0.15, -0.1) is 0 Å². The van der Waals surface area contributed by atoms with E-state index in [1.807, 2.05) is 12.1 Å². The first-order chi connectivity index (χ1) is 9.93. The molecule has 1 nitrogen and oxygen atoms in total. The van der Waals surface area contributed by atoms with Crippen LogP contribution >= 0.6 is 0 Å². The highest BCUT2D eigenvalue weighted by atomic mass is 19.1. The van der Waals surface area contributed by atoms with E-state index in [9.17, 15) is 4.39 Å². The molecular weight excluding hydrogens is 261 g/mol. The maximum absolute atomic E-state index is 14.1. The Labute approximate surface area is 129 Å². The molecule has 0 bridgehead atoms. The predicted molar refractivity (Wildman–Crippen MR) is 87.7 cm³/mol. The largest absolute Gasteiger partial charge is 0.310 e. The van der Waals surface area contributed by atoms with Crippen molar-refractivity contribution in [2.24, 2.45) is 17.3 Å². The summed E-state index contributed by atoms with van der Waals surface area (Å²) in [7, 11) is 0. The summed E-state index contributed by atoms with van der Waals surface area (Å²) in [5.74, 6) is 1.29. The fraction of sp³-hybridized carbons (Fsp3) is 0.684. The third kappa shape index (κ3) is 4.06. The van der Waals surface area contributed by atoms with Gasteiger partial charge in [0.2, 0.25) is 0 Å². The Balaban J connectivity index is 2.09. The first kappa shape index (κ1) is 16.5. The molecule has 1 unspecified atom stereocenters. The molecule has 1 N–H and O–H groups in total. The van der Waals surface area contributed by atoms with Crippen molar-refractivity contribution in [1.82, 2.24) is 5.32 Å². The van der Waals surface area contributed by atoms with Gasteiger partial charge in [0.25, 0.3) is 0 Å². The van der Waals surface area contributed by atoms with Crippen LogP contribution in [0.4, 0.5) is 4.39 Å². The summed E-state index contributed by atoms with van der Waals surface area (Å²) in [6.45, 7) is 10.0. The molecule has 1 aliphatic rings. The Kier molecular flexibility index (Phi) is 5.43. The molecule has 1 fully saturated rings. The quantitative estimate of drug-likeness (QED) is 0.790. The third-order valence-electron chi connectivity index (χ3n) is 5.13. The van der Waals surface area contributed by atoms with Crippen LogP contribution in [0, 0.1) is 23.1 Å². The van der Waals surface area contributed by atoms with Crippen LogP contribution in [0.5, 0.6) is 0 Å². The predicted octanol–water partition coefficient (Wildman–Crippen LogP) is 5.33. The Morgan fingerprint density at radius 1 is 1.14 bits per heavy atom. The van der Waals surface area contributed by atoms with Crippen LogP contribution in [0.2, 0.25) is 0 Å². The molecule has 0 radical (unpaired) electrons. The number of benzene rings is 1. The van der Waals surface area contributed by atoms with E-state index in [0.29, 0.717) is 11.3 Å². The molecule has 1 aromatic carbocycles. The minimum absolute atomic E-state index is 0.0682. The van der Waals surface area contributed by atoms with Crippen molar-refractivity contribution in [2.75, 3.05) is 6.54 Å². The zero-order valence-corrected chi connectivity index (χ0v) is 14.0. The van der Waals surface area contributed by atoms with Crippen LogP contribution < -0.4 is 5.32 Å². The highest BCUT2D eigenvalue weighted by Crippen LogP contribution is 2.43. The van der Waals surface area contributed by atoms with Crippen molar-refractivity contribution in [3.63, 3.8) is 0 Å². The molecule has 0 amide bonds. The maximum atomic E-state index is 14.1. The van der Waals surface area contributed by atoms with Gasteiger partial charge < -0.3 is 5.32 Å². The zero-order valence-electron chi connectivity index (χ0n) is 14.0. The summed E-state index contributed by atoms with van der Waals surface area (Å²) < 4.78 is 14.1. The Morgan fingerprint density at radius 2 is 1.76 bits per heavy atom. The van der Waals surface area contributed by atoms with E-state index in [0.717, 1.165) is 18.0 Å². The lowest BCUT2D eigenvalue weighted by Crippen LogP contribution is -2.34. The molecule has 1 aromatic rings. The fourth-order valence-corrected chi connectivity index (χ4v) is 3.80. The first-order valence-corrected chi connectivity index (χ1v) is 8.41. The molecule has 0 heterocycles. The van der Waals surface area contributed by atoms with E-state index in [2.05, 4.69) is 33.0 Å². The summed E-state index contributed by atoms with van der Waals surface area (Å²) in [5, 5.41) is 3.52. The standard InChI is InChI=1S/C19H30FN/c1-5-21-18(16-8-6-7-9-17(16)20)14-10-12-15(13-11-14)19(2,3)4/h6-9,14-15,18,21H,5,10-13H2,1-4H3. The van der Waals surface area contributed by atoms with Gasteiger partial charge in [-0.05, 0) is 55.5 Å². The number of nitrogens with one attached hydrogen (secondary N) is 1. The molecular formula is C19H30FN. The van der Waals surface area contributed by atoms with Crippen molar-refractivity contribution >= 4 is 0 Å². The lowest BCUT2D eigenvalue weighted by atomic mass is 9.68. The molecule has 2 heteroatoms. The average Bonchev–Trinajstić information content (AvgIpc) is 2.45. The second kappa shape index (κ2) is 6.91. The minimum Gasteiger partial charge on any atom is -0.310 e. The van der Waals surface area contributed by atoms with Crippen LogP contribution in [0.1, 0.15) is 65.0 Å². The van der Waals surface area contributed by atoms with Gasteiger partial charge in [0.05, 0.1) is 0 Å². The molecule has 0 saturated heterocycles. The zero-order chi connectivity index (χ0) is 15.5. The van der Waals surface area contributed by atoms with Crippen molar-refractivity contribution < 1.29 is 4.39 Å². The Hall–Kier alpha value is -0.890. The molecule has 0 aliphatic heterocycles. The Morgan fingerprint density at radius 3 is 2.29 bits per heavy atom. The Bertz CT molecular complexity index is 441. The summed E-state index contributed by atoms with van der Waals surface area (Å²) >= 11 is 0. The third-order valence-corrected chi connectivity index (χ3v) is 5.13. The highest BCUT2D eigenvalue weighted by molar-refractivity contribution is 5.22.